The molecule has 0 bridgehead atoms. The van der Waals surface area contributed by atoms with E-state index in [0.29, 0.717) is 13.0 Å². The topological polar surface area (TPSA) is 74.7 Å². The minimum absolute atomic E-state index is 0.169. The number of aromatic hydroxyl groups is 1. The molecule has 1 aliphatic carbocycles. The highest BCUT2D eigenvalue weighted by Gasteiger charge is 2.56. The van der Waals surface area contributed by atoms with E-state index in [2.05, 4.69) is 4.90 Å². The van der Waals surface area contributed by atoms with Gasteiger partial charge in [-0.3, -0.25) is 4.21 Å². The molecule has 0 aliphatic heterocycles. The monoisotopic (exact) mass is 663 g/mol. The fourth-order valence-electron chi connectivity index (χ4n) is 5.52. The number of halogens is 5. The van der Waals surface area contributed by atoms with Crippen LogP contribution in [-0.4, -0.2) is 72.6 Å². The first-order chi connectivity index (χ1) is 20.6. The Bertz CT molecular complexity index is 1410. The van der Waals surface area contributed by atoms with Gasteiger partial charge in [-0.05, 0) is 124 Å². The highest BCUT2D eigenvalue weighted by Crippen LogP contribution is 2.40. The van der Waals surface area contributed by atoms with Gasteiger partial charge in [-0.25, -0.2) is 8.42 Å². The number of nitrogens with zero attached hydrogens (tertiary/aromatic N) is 1. The Morgan fingerprint density at radius 3 is 2.20 bits per heavy atom. The van der Waals surface area contributed by atoms with Gasteiger partial charge in [0.1, 0.15) is 5.75 Å². The van der Waals surface area contributed by atoms with E-state index in [1.807, 2.05) is 31.3 Å². The van der Waals surface area contributed by atoms with E-state index in [9.17, 15) is 39.7 Å². The van der Waals surface area contributed by atoms with Crippen molar-refractivity contribution in [3.05, 3.63) is 59.2 Å². The average Bonchev–Trinajstić information content (AvgIpc) is 3.10. The molecule has 0 saturated heterocycles. The van der Waals surface area contributed by atoms with E-state index in [-0.39, 0.29) is 22.2 Å². The molecule has 3 rings (SSSR count). The van der Waals surface area contributed by atoms with Crippen molar-refractivity contribution >= 4 is 31.8 Å². The number of phenolic OH excluding ortho intramolecular Hbond substituents is 1. The predicted molar refractivity (Wildman–Crippen MR) is 166 cm³/mol. The van der Waals surface area contributed by atoms with Gasteiger partial charge in [0.15, 0.2) is 9.84 Å². The minimum atomic E-state index is -5.57. The number of alkyl halides is 5. The summed E-state index contributed by atoms with van der Waals surface area (Å²) in [5, 5.41) is 10.1. The normalized spacial score (nSPS) is 15.4. The lowest BCUT2D eigenvalue weighted by Crippen LogP contribution is -2.36. The summed E-state index contributed by atoms with van der Waals surface area (Å²) in [5.41, 5.74) is 5.64. The molecule has 0 spiro atoms. The number of benzene rings is 2. The van der Waals surface area contributed by atoms with Crippen LogP contribution in [0.4, 0.5) is 22.0 Å². The van der Waals surface area contributed by atoms with E-state index in [4.69, 9.17) is 0 Å². The maximum atomic E-state index is 13.0. The fraction of sp³-hybridized carbons (Fsp3) is 0.562. The van der Waals surface area contributed by atoms with Gasteiger partial charge in [-0.1, -0.05) is 24.6 Å². The van der Waals surface area contributed by atoms with Gasteiger partial charge in [-0.2, -0.15) is 22.0 Å². The first-order valence-electron chi connectivity index (χ1n) is 14.9. The molecule has 2 aromatic carbocycles. The number of unbranched alkanes of at least 4 members (excludes halogenated alkanes) is 2. The summed E-state index contributed by atoms with van der Waals surface area (Å²) in [6, 6.07) is 12.5. The lowest BCUT2D eigenvalue weighted by molar-refractivity contribution is -0.284. The van der Waals surface area contributed by atoms with Crippen LogP contribution in [0, 0.1) is 0 Å². The van der Waals surface area contributed by atoms with Crippen molar-refractivity contribution in [2.75, 3.05) is 37.9 Å². The van der Waals surface area contributed by atoms with Crippen molar-refractivity contribution in [2.45, 2.75) is 81.2 Å². The summed E-state index contributed by atoms with van der Waals surface area (Å²) in [4.78, 5) is 2.38. The third-order valence-corrected chi connectivity index (χ3v) is 10.6. The van der Waals surface area contributed by atoms with Crippen molar-refractivity contribution in [3.63, 3.8) is 0 Å². The Balaban J connectivity index is 1.50. The minimum Gasteiger partial charge on any atom is -0.508 e. The summed E-state index contributed by atoms with van der Waals surface area (Å²) in [6.07, 6.45) is 0.654. The van der Waals surface area contributed by atoms with Crippen molar-refractivity contribution < 1.29 is 39.7 Å². The average molecular weight is 664 g/mol. The molecule has 5 nitrogen and oxygen atoms in total. The maximum Gasteiger partial charge on any atom is 0.453 e. The van der Waals surface area contributed by atoms with Crippen molar-refractivity contribution in [1.82, 2.24) is 4.90 Å². The zero-order valence-corrected chi connectivity index (χ0v) is 26.9. The molecule has 1 unspecified atom stereocenters. The zero-order valence-electron chi connectivity index (χ0n) is 25.3. The number of fused-ring (bicyclic) bond motifs is 1. The standard InChI is InChI=1S/C32H42F5NO4S2/c1-38(20-8-22-43(40)21-7-18-31(33,34)32(35,36)37)19-5-3-4-10-30-28(24-12-15-27(16-13-24)44(2,41)42)11-6-9-25-23-26(39)14-17-29(25)30/h12-17,23,39H,3-11,18-22H2,1-2H3. The van der Waals surface area contributed by atoms with Crippen LogP contribution in [0.2, 0.25) is 0 Å². The van der Waals surface area contributed by atoms with Gasteiger partial charge in [0.05, 0.1) is 4.90 Å². The molecular formula is C32H42F5NO4S2. The Morgan fingerprint density at radius 1 is 0.886 bits per heavy atom. The highest BCUT2D eigenvalue weighted by molar-refractivity contribution is 7.90. The summed E-state index contributed by atoms with van der Waals surface area (Å²) >= 11 is 0. The van der Waals surface area contributed by atoms with Crippen LogP contribution in [0.5, 0.6) is 5.75 Å². The first-order valence-corrected chi connectivity index (χ1v) is 18.3. The summed E-state index contributed by atoms with van der Waals surface area (Å²) in [6.45, 7) is 1.47. The Morgan fingerprint density at radius 2 is 1.55 bits per heavy atom. The van der Waals surface area contributed by atoms with E-state index in [0.717, 1.165) is 68.2 Å². The molecule has 246 valence electrons. The number of sulfone groups is 1. The molecule has 12 heteroatoms. The zero-order chi connectivity index (χ0) is 32.5. The van der Waals surface area contributed by atoms with Gasteiger partial charge in [-0.15, -0.1) is 0 Å². The smallest absolute Gasteiger partial charge is 0.453 e. The lowest BCUT2D eigenvalue weighted by atomic mass is 9.89. The first kappa shape index (κ1) is 36.2. The molecule has 0 radical (unpaired) electrons. The Labute approximate surface area is 259 Å². The lowest BCUT2D eigenvalue weighted by Gasteiger charge is -2.19. The number of phenols is 1. The third-order valence-electron chi connectivity index (χ3n) is 7.94. The third kappa shape index (κ3) is 10.7. The molecule has 44 heavy (non-hydrogen) atoms. The molecule has 0 saturated carbocycles. The van der Waals surface area contributed by atoms with Crippen LogP contribution in [0.3, 0.4) is 0 Å². The molecule has 0 amide bonds. The van der Waals surface area contributed by atoms with E-state index < -0.39 is 45.6 Å². The molecular weight excluding hydrogens is 621 g/mol. The number of allylic oxidation sites excluding steroid dienone is 2. The second-order valence-electron chi connectivity index (χ2n) is 11.6. The van der Waals surface area contributed by atoms with Gasteiger partial charge in [0, 0.05) is 35.0 Å². The van der Waals surface area contributed by atoms with Crippen molar-refractivity contribution in [1.29, 1.82) is 0 Å². The van der Waals surface area contributed by atoms with Gasteiger partial charge in [0.2, 0.25) is 0 Å². The van der Waals surface area contributed by atoms with Gasteiger partial charge in [0.25, 0.3) is 0 Å². The van der Waals surface area contributed by atoms with Crippen LogP contribution in [0.15, 0.2) is 47.4 Å². The summed E-state index contributed by atoms with van der Waals surface area (Å²) in [5.74, 6) is -4.42. The van der Waals surface area contributed by atoms with E-state index in [1.165, 1.54) is 17.4 Å². The number of hydrogen-bond donors (Lipinski definition) is 1. The molecule has 0 fully saturated rings. The second-order valence-corrected chi connectivity index (χ2v) is 15.3. The number of aryl methyl sites for hydroxylation is 1. The number of rotatable bonds is 16. The van der Waals surface area contributed by atoms with Gasteiger partial charge < -0.3 is 10.0 Å². The largest absolute Gasteiger partial charge is 0.508 e. The summed E-state index contributed by atoms with van der Waals surface area (Å²) < 4.78 is 98.7. The molecule has 1 N–H and O–H groups in total. The molecule has 0 heterocycles. The SMILES string of the molecule is CN(CCCCCC1=C(c2ccc(S(C)(=O)=O)cc2)CCCc2cc(O)ccc21)CCCS(=O)CCCC(F)(F)C(F)(F)F. The van der Waals surface area contributed by atoms with Crippen LogP contribution >= 0.6 is 0 Å². The molecule has 1 atom stereocenters. The second kappa shape index (κ2) is 15.8. The predicted octanol–water partition coefficient (Wildman–Crippen LogP) is 7.65. The molecule has 2 aromatic rings. The summed E-state index contributed by atoms with van der Waals surface area (Å²) in [7, 11) is -2.79. The van der Waals surface area contributed by atoms with Crippen LogP contribution in [-0.2, 0) is 27.1 Å². The fourth-order valence-corrected chi connectivity index (χ4v) is 7.28. The number of hydrogen-bond acceptors (Lipinski definition) is 5. The molecule has 0 aromatic heterocycles. The molecule has 1 aliphatic rings. The van der Waals surface area contributed by atoms with Crippen LogP contribution in [0.1, 0.15) is 74.5 Å². The highest BCUT2D eigenvalue weighted by atomic mass is 32.2. The van der Waals surface area contributed by atoms with Crippen molar-refractivity contribution in [3.8, 4) is 5.75 Å². The Kier molecular flexibility index (Phi) is 13.0. The van der Waals surface area contributed by atoms with Gasteiger partial charge >= 0.3 is 12.1 Å². The van der Waals surface area contributed by atoms with E-state index >= 15 is 0 Å². The van der Waals surface area contributed by atoms with E-state index in [1.54, 1.807) is 18.2 Å². The van der Waals surface area contributed by atoms with Crippen molar-refractivity contribution in [2.24, 2.45) is 0 Å². The van der Waals surface area contributed by atoms with Crippen LogP contribution < -0.4 is 0 Å². The Hall–Kier alpha value is -2.31. The quantitative estimate of drug-likeness (QED) is 0.148. The van der Waals surface area contributed by atoms with Crippen LogP contribution in [0.25, 0.3) is 11.1 Å². The maximum absolute atomic E-state index is 13.0.